The van der Waals surface area contributed by atoms with Gasteiger partial charge in [0.2, 0.25) is 5.91 Å². The number of aromatic nitrogens is 4. The second-order valence-corrected chi connectivity index (χ2v) is 5.72. The van der Waals surface area contributed by atoms with E-state index in [-0.39, 0.29) is 11.5 Å². The molecule has 0 aliphatic carbocycles. The molecule has 2 aromatic heterocycles. The largest absolute Gasteiger partial charge is 0.354 e. The van der Waals surface area contributed by atoms with Crippen LogP contribution in [0.1, 0.15) is 11.1 Å². The van der Waals surface area contributed by atoms with Crippen molar-refractivity contribution in [2.75, 3.05) is 6.54 Å². The van der Waals surface area contributed by atoms with Gasteiger partial charge in [-0.1, -0.05) is 29.8 Å². The van der Waals surface area contributed by atoms with Crippen LogP contribution >= 0.6 is 0 Å². The van der Waals surface area contributed by atoms with E-state index in [1.807, 2.05) is 31.2 Å². The number of hydrogen-bond acceptors (Lipinski definition) is 4. The van der Waals surface area contributed by atoms with Crippen molar-refractivity contribution in [2.45, 2.75) is 19.9 Å². The summed E-state index contributed by atoms with van der Waals surface area (Å²) in [6.07, 6.45) is 3.71. The second-order valence-electron chi connectivity index (χ2n) is 5.72. The van der Waals surface area contributed by atoms with Gasteiger partial charge in [0.05, 0.1) is 13.0 Å². The minimum absolute atomic E-state index is 0.0832. The predicted molar refractivity (Wildman–Crippen MR) is 93.5 cm³/mol. The van der Waals surface area contributed by atoms with Crippen molar-refractivity contribution in [1.29, 1.82) is 0 Å². The number of hydrogen-bond donors (Lipinski definition) is 1. The first-order chi connectivity index (χ1) is 12.1. The molecule has 7 heteroatoms. The van der Waals surface area contributed by atoms with Gasteiger partial charge in [-0.15, -0.1) is 5.10 Å². The number of rotatable bonds is 6. The number of nitrogens with one attached hydrogen (secondary N) is 1. The third-order valence-corrected chi connectivity index (χ3v) is 3.72. The van der Waals surface area contributed by atoms with Crippen molar-refractivity contribution < 1.29 is 4.79 Å². The van der Waals surface area contributed by atoms with Gasteiger partial charge in [-0.2, -0.15) is 5.10 Å². The van der Waals surface area contributed by atoms with Crippen LogP contribution in [0.2, 0.25) is 0 Å². The second kappa shape index (κ2) is 7.57. The highest BCUT2D eigenvalue weighted by Crippen LogP contribution is 2.03. The first kappa shape index (κ1) is 16.6. The van der Waals surface area contributed by atoms with Crippen LogP contribution in [0.15, 0.2) is 59.7 Å². The highest BCUT2D eigenvalue weighted by atomic mass is 16.1. The Morgan fingerprint density at radius 1 is 1.16 bits per heavy atom. The molecule has 7 nitrogen and oxygen atoms in total. The van der Waals surface area contributed by atoms with Crippen LogP contribution in [0, 0.1) is 6.92 Å². The fraction of sp³-hybridized carbons (Fsp3) is 0.222. The maximum atomic E-state index is 12.0. The van der Waals surface area contributed by atoms with Gasteiger partial charge in [0.15, 0.2) is 5.82 Å². The van der Waals surface area contributed by atoms with Gasteiger partial charge in [-0.25, -0.2) is 9.36 Å². The molecule has 0 spiro atoms. The molecule has 0 unspecified atom stereocenters. The molecule has 1 aromatic carbocycles. The van der Waals surface area contributed by atoms with Crippen LogP contribution in [-0.4, -0.2) is 32.0 Å². The Hall–Kier alpha value is -3.22. The van der Waals surface area contributed by atoms with Crippen molar-refractivity contribution in [1.82, 2.24) is 24.9 Å². The first-order valence-electron chi connectivity index (χ1n) is 8.02. The summed E-state index contributed by atoms with van der Waals surface area (Å²) in [5, 5.41) is 11.2. The van der Waals surface area contributed by atoms with Crippen molar-refractivity contribution in [3.63, 3.8) is 0 Å². The Bertz CT molecular complexity index is 898. The molecule has 128 valence electrons. The molecule has 3 aromatic rings. The maximum absolute atomic E-state index is 12.0. The number of benzene rings is 1. The fourth-order valence-electron chi connectivity index (χ4n) is 2.38. The Morgan fingerprint density at radius 3 is 2.68 bits per heavy atom. The molecule has 0 bridgehead atoms. The molecule has 0 atom stereocenters. The van der Waals surface area contributed by atoms with E-state index in [1.165, 1.54) is 10.7 Å². The van der Waals surface area contributed by atoms with E-state index in [2.05, 4.69) is 15.5 Å². The SMILES string of the molecule is Cc1ccc(CC(=O)NCCn2nc(-n3cccn3)ccc2=O)cc1. The zero-order chi connectivity index (χ0) is 17.6. The van der Waals surface area contributed by atoms with Crippen LogP contribution in [0.5, 0.6) is 0 Å². The standard InChI is InChI=1S/C18H19N5O2/c1-14-3-5-15(6-4-14)13-17(24)19-10-12-23-18(25)8-7-16(21-23)22-11-2-9-20-22/h2-9,11H,10,12-13H2,1H3,(H,19,24). The van der Waals surface area contributed by atoms with E-state index in [1.54, 1.807) is 29.2 Å². The lowest BCUT2D eigenvalue weighted by Crippen LogP contribution is -2.33. The highest BCUT2D eigenvalue weighted by molar-refractivity contribution is 5.78. The van der Waals surface area contributed by atoms with E-state index < -0.39 is 0 Å². The van der Waals surface area contributed by atoms with Crippen molar-refractivity contribution in [3.05, 3.63) is 76.3 Å². The van der Waals surface area contributed by atoms with Crippen LogP contribution in [0.4, 0.5) is 0 Å². The van der Waals surface area contributed by atoms with Gasteiger partial charge in [-0.3, -0.25) is 9.59 Å². The average Bonchev–Trinajstić information content (AvgIpc) is 3.13. The summed E-state index contributed by atoms with van der Waals surface area (Å²) >= 11 is 0. The maximum Gasteiger partial charge on any atom is 0.266 e. The predicted octanol–water partition coefficient (Wildman–Crippen LogP) is 1.10. The zero-order valence-electron chi connectivity index (χ0n) is 13.9. The van der Waals surface area contributed by atoms with E-state index >= 15 is 0 Å². The molecule has 0 saturated carbocycles. The van der Waals surface area contributed by atoms with Crippen LogP contribution in [0.25, 0.3) is 5.82 Å². The van der Waals surface area contributed by atoms with E-state index in [0.29, 0.717) is 25.3 Å². The Labute approximate surface area is 144 Å². The topological polar surface area (TPSA) is 81.8 Å². The molecule has 1 N–H and O–H groups in total. The molecular weight excluding hydrogens is 318 g/mol. The van der Waals surface area contributed by atoms with E-state index in [4.69, 9.17) is 0 Å². The van der Waals surface area contributed by atoms with Gasteiger partial charge in [-0.05, 0) is 24.6 Å². The average molecular weight is 337 g/mol. The molecule has 0 fully saturated rings. The minimum Gasteiger partial charge on any atom is -0.354 e. The van der Waals surface area contributed by atoms with Gasteiger partial charge in [0.25, 0.3) is 5.56 Å². The number of aryl methyl sites for hydroxylation is 1. The monoisotopic (exact) mass is 337 g/mol. The molecule has 2 heterocycles. The molecular formula is C18H19N5O2. The van der Waals surface area contributed by atoms with Gasteiger partial charge in [0, 0.05) is 25.0 Å². The summed E-state index contributed by atoms with van der Waals surface area (Å²) in [6.45, 7) is 2.64. The molecule has 1 amide bonds. The highest BCUT2D eigenvalue weighted by Gasteiger charge is 2.05. The molecule has 3 rings (SSSR count). The number of amides is 1. The summed E-state index contributed by atoms with van der Waals surface area (Å²) in [5.74, 6) is 0.468. The Morgan fingerprint density at radius 2 is 1.96 bits per heavy atom. The lowest BCUT2D eigenvalue weighted by Gasteiger charge is -2.08. The fourth-order valence-corrected chi connectivity index (χ4v) is 2.38. The zero-order valence-corrected chi connectivity index (χ0v) is 13.9. The number of carbonyl (C=O) groups excluding carboxylic acids is 1. The third-order valence-electron chi connectivity index (χ3n) is 3.72. The van der Waals surface area contributed by atoms with Gasteiger partial charge < -0.3 is 5.32 Å². The Kier molecular flexibility index (Phi) is 5.03. The lowest BCUT2D eigenvalue weighted by atomic mass is 10.1. The normalized spacial score (nSPS) is 10.6. The van der Waals surface area contributed by atoms with Crippen LogP contribution in [0.3, 0.4) is 0 Å². The quantitative estimate of drug-likeness (QED) is 0.730. The van der Waals surface area contributed by atoms with E-state index in [9.17, 15) is 9.59 Å². The van der Waals surface area contributed by atoms with Crippen molar-refractivity contribution in [3.8, 4) is 5.82 Å². The van der Waals surface area contributed by atoms with Crippen LogP contribution < -0.4 is 10.9 Å². The molecule has 0 radical (unpaired) electrons. The summed E-state index contributed by atoms with van der Waals surface area (Å²) in [4.78, 5) is 23.9. The minimum atomic E-state index is -0.219. The summed E-state index contributed by atoms with van der Waals surface area (Å²) < 4.78 is 2.90. The van der Waals surface area contributed by atoms with Gasteiger partial charge >= 0.3 is 0 Å². The lowest BCUT2D eigenvalue weighted by molar-refractivity contribution is -0.120. The summed E-state index contributed by atoms with van der Waals surface area (Å²) in [6, 6.07) is 12.7. The van der Waals surface area contributed by atoms with Crippen molar-refractivity contribution >= 4 is 5.91 Å². The van der Waals surface area contributed by atoms with Crippen LogP contribution in [-0.2, 0) is 17.8 Å². The molecule has 0 saturated heterocycles. The summed E-state index contributed by atoms with van der Waals surface area (Å²) in [7, 11) is 0. The summed E-state index contributed by atoms with van der Waals surface area (Å²) in [5.41, 5.74) is 1.90. The Balaban J connectivity index is 1.56. The molecule has 0 aliphatic rings. The molecule has 25 heavy (non-hydrogen) atoms. The third kappa shape index (κ3) is 4.41. The smallest absolute Gasteiger partial charge is 0.266 e. The first-order valence-corrected chi connectivity index (χ1v) is 8.02. The number of carbonyl (C=O) groups is 1. The van der Waals surface area contributed by atoms with Crippen molar-refractivity contribution in [2.24, 2.45) is 0 Å². The number of nitrogens with zero attached hydrogens (tertiary/aromatic N) is 4. The van der Waals surface area contributed by atoms with Gasteiger partial charge in [0.1, 0.15) is 0 Å². The molecule has 0 aliphatic heterocycles. The van der Waals surface area contributed by atoms with E-state index in [0.717, 1.165) is 11.1 Å².